The summed E-state index contributed by atoms with van der Waals surface area (Å²) in [5, 5.41) is 10.3. The van der Waals surface area contributed by atoms with E-state index in [0.717, 1.165) is 11.8 Å². The molecule has 0 saturated heterocycles. The van der Waals surface area contributed by atoms with Crippen LogP contribution in [-0.2, 0) is 5.41 Å². The average molecular weight is 902 g/mol. The van der Waals surface area contributed by atoms with Gasteiger partial charge in [0.05, 0.1) is 11.0 Å². The molecule has 0 amide bonds. The minimum Gasteiger partial charge on any atom is -0.309 e. The third kappa shape index (κ3) is 5.64. The molecular weight excluding hydrogens is 851 g/mol. The molecule has 1 nitrogen and oxygen atoms in total. The van der Waals surface area contributed by atoms with Crippen molar-refractivity contribution in [2.45, 2.75) is 44.9 Å². The van der Waals surface area contributed by atoms with Crippen molar-refractivity contribution in [1.82, 2.24) is 4.57 Å². The van der Waals surface area contributed by atoms with E-state index in [4.69, 9.17) is 0 Å². The number of hydrogen-bond donors (Lipinski definition) is 0. The Kier molecular flexibility index (Phi) is 8.56. The number of aromatic nitrogens is 1. The number of benzene rings is 10. The molecule has 15 rings (SSSR count). The number of thiophene rings is 1. The first kappa shape index (κ1) is 39.7. The van der Waals surface area contributed by atoms with E-state index in [0.29, 0.717) is 11.8 Å². The van der Waals surface area contributed by atoms with Crippen LogP contribution in [0.2, 0.25) is 0 Å². The quantitative estimate of drug-likeness (QED) is 0.155. The second-order valence-electron chi connectivity index (χ2n) is 21.0. The molecule has 69 heavy (non-hydrogen) atoms. The van der Waals surface area contributed by atoms with E-state index in [1.807, 2.05) is 11.3 Å². The van der Waals surface area contributed by atoms with Gasteiger partial charge in [-0.2, -0.15) is 0 Å². The second-order valence-corrected chi connectivity index (χ2v) is 22.1. The van der Waals surface area contributed by atoms with Crippen molar-refractivity contribution in [3.63, 3.8) is 0 Å². The molecule has 2 saturated carbocycles. The molecular formula is C67H51NS. The van der Waals surface area contributed by atoms with Gasteiger partial charge in [0.2, 0.25) is 0 Å². The molecule has 2 fully saturated rings. The SMILES string of the molecule is CC1CC2CC(C)C3(c4ccccc4-c4ccc(-c5ccc6c7ccc(-c8c9ccccc9c(-c9ccc%10sc%11ccccc%11c%10c9)c9ccccc89)cc7n(-c7ccccc7)c6c5)cc43)C(C1)C2. The van der Waals surface area contributed by atoms with Crippen LogP contribution in [0.1, 0.15) is 50.7 Å². The fourth-order valence-corrected chi connectivity index (χ4v) is 15.8. The van der Waals surface area contributed by atoms with Gasteiger partial charge in [0.25, 0.3) is 0 Å². The highest BCUT2D eigenvalue weighted by atomic mass is 32.1. The summed E-state index contributed by atoms with van der Waals surface area (Å²) in [5.74, 6) is 2.91. The van der Waals surface area contributed by atoms with E-state index in [-0.39, 0.29) is 5.41 Å². The van der Waals surface area contributed by atoms with Gasteiger partial charge < -0.3 is 4.57 Å². The molecule has 1 spiro atoms. The smallest absolute Gasteiger partial charge is 0.0547 e. The maximum Gasteiger partial charge on any atom is 0.0547 e. The van der Waals surface area contributed by atoms with Gasteiger partial charge in [0, 0.05) is 42.0 Å². The van der Waals surface area contributed by atoms with Crippen molar-refractivity contribution in [1.29, 1.82) is 0 Å². The number of nitrogens with zero attached hydrogens (tertiary/aromatic N) is 1. The normalized spacial score (nSPS) is 20.7. The minimum atomic E-state index is 0.0611. The van der Waals surface area contributed by atoms with Crippen LogP contribution in [0, 0.1) is 23.7 Å². The molecule has 3 aliphatic rings. The Balaban J connectivity index is 0.922. The van der Waals surface area contributed by atoms with Crippen LogP contribution in [0.4, 0.5) is 0 Å². The Morgan fingerprint density at radius 3 is 1.70 bits per heavy atom. The number of rotatable bonds is 4. The lowest BCUT2D eigenvalue weighted by Crippen LogP contribution is -2.49. The summed E-state index contributed by atoms with van der Waals surface area (Å²) in [6, 6.07) is 76.6. The van der Waals surface area contributed by atoms with Crippen molar-refractivity contribution in [2.24, 2.45) is 23.7 Å². The first-order chi connectivity index (χ1) is 34.0. The maximum absolute atomic E-state index is 2.63. The molecule has 0 aliphatic heterocycles. The summed E-state index contributed by atoms with van der Waals surface area (Å²) in [6.45, 7) is 5.10. The van der Waals surface area contributed by atoms with Crippen LogP contribution in [0.25, 0.3) is 114 Å². The third-order valence-electron chi connectivity index (χ3n) is 17.3. The molecule has 0 N–H and O–H groups in total. The Hall–Kier alpha value is -7.26. The van der Waals surface area contributed by atoms with Gasteiger partial charge in [-0.25, -0.2) is 0 Å². The van der Waals surface area contributed by atoms with Crippen molar-refractivity contribution < 1.29 is 0 Å². The van der Waals surface area contributed by atoms with Crippen molar-refractivity contribution in [3.05, 3.63) is 211 Å². The zero-order valence-electron chi connectivity index (χ0n) is 39.0. The number of fused-ring (bicyclic) bond motifs is 16. The van der Waals surface area contributed by atoms with Crippen LogP contribution in [0.15, 0.2) is 200 Å². The van der Waals surface area contributed by atoms with Gasteiger partial charge in [0.1, 0.15) is 0 Å². The van der Waals surface area contributed by atoms with Crippen molar-refractivity contribution in [2.75, 3.05) is 0 Å². The topological polar surface area (TPSA) is 4.93 Å². The monoisotopic (exact) mass is 901 g/mol. The third-order valence-corrected chi connectivity index (χ3v) is 18.4. The molecule has 10 aromatic carbocycles. The van der Waals surface area contributed by atoms with Crippen LogP contribution >= 0.6 is 11.3 Å². The van der Waals surface area contributed by atoms with Gasteiger partial charge in [0.15, 0.2) is 0 Å². The van der Waals surface area contributed by atoms with Gasteiger partial charge in [-0.1, -0.05) is 166 Å². The van der Waals surface area contributed by atoms with Gasteiger partial charge in [-0.15, -0.1) is 11.3 Å². The fraction of sp³-hybridized carbons (Fsp3) is 0.164. The van der Waals surface area contributed by atoms with E-state index >= 15 is 0 Å². The summed E-state index contributed by atoms with van der Waals surface area (Å²) >= 11 is 1.88. The zero-order chi connectivity index (χ0) is 45.5. The highest BCUT2D eigenvalue weighted by Crippen LogP contribution is 2.65. The summed E-state index contributed by atoms with van der Waals surface area (Å²) in [6.07, 6.45) is 5.40. The van der Waals surface area contributed by atoms with E-state index in [9.17, 15) is 0 Å². The van der Waals surface area contributed by atoms with Gasteiger partial charge >= 0.3 is 0 Å². The van der Waals surface area contributed by atoms with E-state index in [2.05, 4.69) is 219 Å². The number of hydrogen-bond acceptors (Lipinski definition) is 1. The predicted octanol–water partition coefficient (Wildman–Crippen LogP) is 18.8. The molecule has 2 heterocycles. The highest BCUT2D eigenvalue weighted by molar-refractivity contribution is 7.25. The van der Waals surface area contributed by atoms with Crippen molar-refractivity contribution >= 4 is 74.9 Å². The lowest BCUT2D eigenvalue weighted by molar-refractivity contribution is 0.0426. The fourth-order valence-electron chi connectivity index (χ4n) is 14.7. The standard InChI is InChI=1S/C67H51NS/c1-40-32-42-34-41(2)67(47(33-40)35-42)59-22-12-10-16-49(59)50-28-24-43(37-60(50)67)44-25-29-51-52-30-26-46(39-62(52)68(61(51)38-44)48-14-4-3-5-15-48)66-56-20-8-6-18-54(56)65(55-19-7-9-21-57(55)66)45-27-31-64-58(36-45)53-17-11-13-23-63(53)69-64/h3-31,36-42,47H,32-35H2,1-2H3. The molecule has 2 bridgehead atoms. The van der Waals surface area contributed by atoms with E-state index in [1.54, 1.807) is 11.1 Å². The summed E-state index contributed by atoms with van der Waals surface area (Å²) < 4.78 is 5.19. The molecule has 330 valence electrons. The predicted molar refractivity (Wildman–Crippen MR) is 295 cm³/mol. The average Bonchev–Trinajstić information content (AvgIpc) is 4.03. The summed E-state index contributed by atoms with van der Waals surface area (Å²) in [7, 11) is 0. The zero-order valence-corrected chi connectivity index (χ0v) is 39.9. The minimum absolute atomic E-state index is 0.0611. The molecule has 5 unspecified atom stereocenters. The first-order valence-corrected chi connectivity index (χ1v) is 26.1. The van der Waals surface area contributed by atoms with Crippen LogP contribution in [0.5, 0.6) is 0 Å². The molecule has 3 aliphatic carbocycles. The lowest BCUT2D eigenvalue weighted by Gasteiger charge is -2.54. The molecule has 2 aromatic heterocycles. The van der Waals surface area contributed by atoms with Gasteiger partial charge in [-0.3, -0.25) is 0 Å². The summed E-state index contributed by atoms with van der Waals surface area (Å²) in [5.41, 5.74) is 17.4. The molecule has 2 heteroatoms. The highest BCUT2D eigenvalue weighted by Gasteiger charge is 2.56. The van der Waals surface area contributed by atoms with Gasteiger partial charge in [-0.05, 0) is 175 Å². The summed E-state index contributed by atoms with van der Waals surface area (Å²) in [4.78, 5) is 0. The Morgan fingerprint density at radius 1 is 0.406 bits per heavy atom. The van der Waals surface area contributed by atoms with Crippen molar-refractivity contribution in [3.8, 4) is 50.2 Å². The molecule has 0 radical (unpaired) electrons. The van der Waals surface area contributed by atoms with E-state index < -0.39 is 0 Å². The first-order valence-electron chi connectivity index (χ1n) is 25.2. The Labute approximate surface area is 407 Å². The van der Waals surface area contributed by atoms with Crippen LogP contribution < -0.4 is 0 Å². The second kappa shape index (κ2) is 14.9. The lowest BCUT2D eigenvalue weighted by atomic mass is 9.49. The maximum atomic E-state index is 2.63. The Bertz CT molecular complexity index is 4030. The van der Waals surface area contributed by atoms with Crippen LogP contribution in [-0.4, -0.2) is 4.57 Å². The molecule has 12 aromatic rings. The largest absolute Gasteiger partial charge is 0.309 e. The van der Waals surface area contributed by atoms with E-state index in [1.165, 1.54) is 139 Å². The molecule has 5 atom stereocenters. The van der Waals surface area contributed by atoms with Crippen LogP contribution in [0.3, 0.4) is 0 Å². The number of para-hydroxylation sites is 1. The Morgan fingerprint density at radius 2 is 0.957 bits per heavy atom.